The van der Waals surface area contributed by atoms with Crippen molar-refractivity contribution in [1.29, 1.82) is 0 Å². The standard InChI is InChI=1S/C6H8O3/c1-2-6-4(8-6)3-5(7)9-6/h4H,2-3H2,1H3. The number of rotatable bonds is 1. The minimum Gasteiger partial charge on any atom is -0.430 e. The van der Waals surface area contributed by atoms with Gasteiger partial charge in [-0.25, -0.2) is 0 Å². The summed E-state index contributed by atoms with van der Waals surface area (Å²) >= 11 is 0. The van der Waals surface area contributed by atoms with E-state index < -0.39 is 5.79 Å². The molecule has 2 atom stereocenters. The summed E-state index contributed by atoms with van der Waals surface area (Å²) in [6, 6.07) is 0. The summed E-state index contributed by atoms with van der Waals surface area (Å²) in [7, 11) is 0. The Morgan fingerprint density at radius 3 is 3.00 bits per heavy atom. The van der Waals surface area contributed by atoms with Crippen molar-refractivity contribution in [2.45, 2.75) is 31.7 Å². The van der Waals surface area contributed by atoms with Crippen molar-refractivity contribution in [3.05, 3.63) is 0 Å². The Kier molecular flexibility index (Phi) is 0.750. The van der Waals surface area contributed by atoms with Gasteiger partial charge in [0, 0.05) is 6.42 Å². The lowest BCUT2D eigenvalue weighted by Gasteiger charge is -2.03. The fraction of sp³-hybridized carbons (Fsp3) is 0.833. The van der Waals surface area contributed by atoms with Gasteiger partial charge in [0.2, 0.25) is 5.79 Å². The van der Waals surface area contributed by atoms with E-state index in [1.54, 1.807) is 0 Å². The van der Waals surface area contributed by atoms with Crippen LogP contribution < -0.4 is 0 Å². The van der Waals surface area contributed by atoms with Crippen LogP contribution in [0.2, 0.25) is 0 Å². The second-order valence-electron chi connectivity index (χ2n) is 2.45. The normalized spacial score (nSPS) is 46.3. The highest BCUT2D eigenvalue weighted by Crippen LogP contribution is 2.48. The third kappa shape index (κ3) is 0.525. The molecule has 0 aromatic heterocycles. The molecule has 0 bridgehead atoms. The summed E-state index contributed by atoms with van der Waals surface area (Å²) in [6.45, 7) is 1.96. The Morgan fingerprint density at radius 1 is 1.89 bits per heavy atom. The van der Waals surface area contributed by atoms with Crippen LogP contribution in [0.25, 0.3) is 0 Å². The first kappa shape index (κ1) is 5.23. The maximum atomic E-state index is 10.5. The van der Waals surface area contributed by atoms with Gasteiger partial charge >= 0.3 is 5.97 Å². The molecule has 0 saturated carbocycles. The predicted octanol–water partition coefficient (Wildman–Crippen LogP) is 0.438. The Labute approximate surface area is 52.9 Å². The van der Waals surface area contributed by atoms with Crippen molar-refractivity contribution in [2.24, 2.45) is 0 Å². The smallest absolute Gasteiger partial charge is 0.311 e. The van der Waals surface area contributed by atoms with Crippen LogP contribution in [-0.4, -0.2) is 17.9 Å². The number of fused-ring (bicyclic) bond motifs is 1. The van der Waals surface area contributed by atoms with E-state index in [2.05, 4.69) is 0 Å². The molecule has 50 valence electrons. The first-order valence-corrected chi connectivity index (χ1v) is 3.16. The van der Waals surface area contributed by atoms with Gasteiger partial charge in [-0.2, -0.15) is 0 Å². The molecule has 0 radical (unpaired) electrons. The van der Waals surface area contributed by atoms with Gasteiger partial charge in [-0.3, -0.25) is 4.79 Å². The Hall–Kier alpha value is -0.570. The van der Waals surface area contributed by atoms with Crippen LogP contribution in [0, 0.1) is 0 Å². The van der Waals surface area contributed by atoms with Crippen molar-refractivity contribution in [3.63, 3.8) is 0 Å². The average molecular weight is 128 g/mol. The van der Waals surface area contributed by atoms with Crippen molar-refractivity contribution < 1.29 is 14.3 Å². The number of carbonyl (C=O) groups excluding carboxylic acids is 1. The molecule has 0 aromatic carbocycles. The quantitative estimate of drug-likeness (QED) is 0.380. The summed E-state index contributed by atoms with van der Waals surface area (Å²) in [5.74, 6) is -0.593. The predicted molar refractivity (Wildman–Crippen MR) is 28.6 cm³/mol. The highest BCUT2D eigenvalue weighted by molar-refractivity contribution is 5.74. The van der Waals surface area contributed by atoms with Crippen LogP contribution in [0.1, 0.15) is 19.8 Å². The highest BCUT2D eigenvalue weighted by Gasteiger charge is 2.64. The van der Waals surface area contributed by atoms with E-state index in [9.17, 15) is 4.79 Å². The van der Waals surface area contributed by atoms with Gasteiger partial charge in [0.1, 0.15) is 6.10 Å². The van der Waals surface area contributed by atoms with Gasteiger partial charge in [-0.05, 0) is 0 Å². The first-order chi connectivity index (χ1) is 4.27. The van der Waals surface area contributed by atoms with E-state index in [1.165, 1.54) is 0 Å². The van der Waals surface area contributed by atoms with E-state index in [0.29, 0.717) is 6.42 Å². The van der Waals surface area contributed by atoms with Gasteiger partial charge in [0.15, 0.2) is 0 Å². The zero-order valence-electron chi connectivity index (χ0n) is 5.22. The second kappa shape index (κ2) is 1.29. The molecule has 2 aliphatic rings. The number of hydrogen-bond donors (Lipinski definition) is 0. The minimum atomic E-state index is -0.475. The maximum Gasteiger partial charge on any atom is 0.311 e. The highest BCUT2D eigenvalue weighted by atomic mass is 16.8. The van der Waals surface area contributed by atoms with Crippen LogP contribution in [0.15, 0.2) is 0 Å². The van der Waals surface area contributed by atoms with Crippen molar-refractivity contribution in [1.82, 2.24) is 0 Å². The molecule has 3 nitrogen and oxygen atoms in total. The van der Waals surface area contributed by atoms with E-state index in [0.717, 1.165) is 6.42 Å². The Balaban J connectivity index is 2.13. The van der Waals surface area contributed by atoms with Crippen LogP contribution in [0.3, 0.4) is 0 Å². The van der Waals surface area contributed by atoms with E-state index >= 15 is 0 Å². The van der Waals surface area contributed by atoms with Gasteiger partial charge < -0.3 is 9.47 Å². The fourth-order valence-corrected chi connectivity index (χ4v) is 1.26. The molecule has 0 amide bonds. The lowest BCUT2D eigenvalue weighted by atomic mass is 10.2. The van der Waals surface area contributed by atoms with Gasteiger partial charge in [0.25, 0.3) is 0 Å². The number of hydrogen-bond acceptors (Lipinski definition) is 3. The SMILES string of the molecule is CCC12OC(=O)CC1O2. The molecular formula is C6H8O3. The van der Waals surface area contributed by atoms with Crippen LogP contribution in [0.5, 0.6) is 0 Å². The molecule has 2 aliphatic heterocycles. The van der Waals surface area contributed by atoms with Gasteiger partial charge in [-0.15, -0.1) is 0 Å². The zero-order chi connectivity index (χ0) is 6.48. The van der Waals surface area contributed by atoms with E-state index in [1.807, 2.05) is 6.92 Å². The molecule has 9 heavy (non-hydrogen) atoms. The molecule has 3 heteroatoms. The van der Waals surface area contributed by atoms with E-state index in [-0.39, 0.29) is 12.1 Å². The van der Waals surface area contributed by atoms with Gasteiger partial charge in [0.05, 0.1) is 6.42 Å². The molecule has 2 rings (SSSR count). The summed E-state index contributed by atoms with van der Waals surface area (Å²) < 4.78 is 10.0. The van der Waals surface area contributed by atoms with Crippen LogP contribution in [-0.2, 0) is 14.3 Å². The molecule has 2 saturated heterocycles. The lowest BCUT2D eigenvalue weighted by molar-refractivity contribution is -0.156. The fourth-order valence-electron chi connectivity index (χ4n) is 1.26. The molecular weight excluding hydrogens is 120 g/mol. The minimum absolute atomic E-state index is 0.0787. The van der Waals surface area contributed by atoms with Crippen LogP contribution >= 0.6 is 0 Å². The number of epoxide rings is 1. The zero-order valence-corrected chi connectivity index (χ0v) is 5.22. The molecule has 2 fully saturated rings. The lowest BCUT2D eigenvalue weighted by Crippen LogP contribution is -2.13. The van der Waals surface area contributed by atoms with E-state index in [4.69, 9.17) is 9.47 Å². The third-order valence-corrected chi connectivity index (χ3v) is 1.91. The van der Waals surface area contributed by atoms with Gasteiger partial charge in [-0.1, -0.05) is 6.92 Å². The Morgan fingerprint density at radius 2 is 2.67 bits per heavy atom. The topological polar surface area (TPSA) is 38.8 Å². The Bertz CT molecular complexity index is 162. The molecule has 0 aromatic rings. The summed E-state index contributed by atoms with van der Waals surface area (Å²) in [4.78, 5) is 10.5. The summed E-state index contributed by atoms with van der Waals surface area (Å²) in [5, 5.41) is 0. The molecule has 0 N–H and O–H groups in total. The van der Waals surface area contributed by atoms with Crippen molar-refractivity contribution >= 4 is 5.97 Å². The number of esters is 1. The number of ether oxygens (including phenoxy) is 2. The summed E-state index contributed by atoms with van der Waals surface area (Å²) in [6.07, 6.45) is 1.31. The third-order valence-electron chi connectivity index (χ3n) is 1.91. The molecule has 0 spiro atoms. The number of carbonyl (C=O) groups is 1. The molecule has 2 unspecified atom stereocenters. The molecule has 0 aliphatic carbocycles. The maximum absolute atomic E-state index is 10.5. The monoisotopic (exact) mass is 128 g/mol. The van der Waals surface area contributed by atoms with Crippen molar-refractivity contribution in [2.75, 3.05) is 0 Å². The largest absolute Gasteiger partial charge is 0.430 e. The molecule has 2 heterocycles. The summed E-state index contributed by atoms with van der Waals surface area (Å²) in [5.41, 5.74) is 0. The van der Waals surface area contributed by atoms with Crippen LogP contribution in [0.4, 0.5) is 0 Å². The average Bonchev–Trinajstić information content (AvgIpc) is 2.38. The second-order valence-corrected chi connectivity index (χ2v) is 2.45. The first-order valence-electron chi connectivity index (χ1n) is 3.16. The van der Waals surface area contributed by atoms with Crippen molar-refractivity contribution in [3.8, 4) is 0 Å².